The number of carbonyl (C=O) groups is 1. The van der Waals surface area contributed by atoms with Crippen molar-refractivity contribution in [3.05, 3.63) is 35.8 Å². The standard InChI is InChI=1S/C16H20N4O/c1-11-9-20-7-4-13(8-15(20)17-11)16(21)18-14-10-19-5-2-12(14)3-6-19/h4,7-9,12,14H,2-3,5-6,10H2,1H3,(H,18,21). The van der Waals surface area contributed by atoms with Crippen LogP contribution in [0.2, 0.25) is 0 Å². The topological polar surface area (TPSA) is 49.6 Å². The molecule has 0 saturated carbocycles. The molecule has 1 atom stereocenters. The molecule has 0 aliphatic carbocycles. The maximum atomic E-state index is 12.5. The molecule has 110 valence electrons. The summed E-state index contributed by atoms with van der Waals surface area (Å²) in [6, 6.07) is 4.03. The number of pyridine rings is 1. The number of nitrogens with one attached hydrogen (secondary N) is 1. The fourth-order valence-corrected chi connectivity index (χ4v) is 3.63. The van der Waals surface area contributed by atoms with E-state index < -0.39 is 0 Å². The molecular weight excluding hydrogens is 264 g/mol. The molecule has 2 bridgehead atoms. The van der Waals surface area contributed by atoms with Crippen LogP contribution in [0.5, 0.6) is 0 Å². The quantitative estimate of drug-likeness (QED) is 0.908. The van der Waals surface area contributed by atoms with Gasteiger partial charge in [-0.25, -0.2) is 4.98 Å². The van der Waals surface area contributed by atoms with E-state index in [0.717, 1.165) is 17.9 Å². The van der Waals surface area contributed by atoms with Crippen molar-refractivity contribution in [1.29, 1.82) is 0 Å². The third kappa shape index (κ3) is 2.31. The zero-order valence-electron chi connectivity index (χ0n) is 12.2. The van der Waals surface area contributed by atoms with Crippen LogP contribution in [0.3, 0.4) is 0 Å². The van der Waals surface area contributed by atoms with Crippen molar-refractivity contribution >= 4 is 11.6 Å². The number of amides is 1. The Kier molecular flexibility index (Phi) is 2.96. The molecule has 3 aliphatic heterocycles. The van der Waals surface area contributed by atoms with Gasteiger partial charge in [0.1, 0.15) is 5.65 Å². The lowest BCUT2D eigenvalue weighted by Gasteiger charge is -2.44. The number of hydrogen-bond donors (Lipinski definition) is 1. The second-order valence-electron chi connectivity index (χ2n) is 6.28. The van der Waals surface area contributed by atoms with Crippen molar-refractivity contribution in [1.82, 2.24) is 19.6 Å². The Hall–Kier alpha value is -1.88. The number of nitrogens with zero attached hydrogens (tertiary/aromatic N) is 3. The summed E-state index contributed by atoms with van der Waals surface area (Å²) in [5.41, 5.74) is 2.49. The average molecular weight is 284 g/mol. The molecule has 1 N–H and O–H groups in total. The predicted molar refractivity (Wildman–Crippen MR) is 80.3 cm³/mol. The Labute approximate surface area is 124 Å². The van der Waals surface area contributed by atoms with Gasteiger partial charge in [-0.1, -0.05) is 0 Å². The van der Waals surface area contributed by atoms with E-state index >= 15 is 0 Å². The van der Waals surface area contributed by atoms with Gasteiger partial charge >= 0.3 is 0 Å². The molecule has 2 aromatic rings. The SMILES string of the molecule is Cc1cn2ccc(C(=O)NC3CN4CCC3CC4)cc2n1. The van der Waals surface area contributed by atoms with Gasteiger partial charge < -0.3 is 14.6 Å². The van der Waals surface area contributed by atoms with Crippen LogP contribution in [0.4, 0.5) is 0 Å². The summed E-state index contributed by atoms with van der Waals surface area (Å²) >= 11 is 0. The van der Waals surface area contributed by atoms with E-state index in [0.29, 0.717) is 17.5 Å². The van der Waals surface area contributed by atoms with E-state index in [-0.39, 0.29) is 5.91 Å². The number of carbonyl (C=O) groups excluding carboxylic acids is 1. The molecule has 0 radical (unpaired) electrons. The number of hydrogen-bond acceptors (Lipinski definition) is 3. The van der Waals surface area contributed by atoms with Gasteiger partial charge in [0, 0.05) is 30.5 Å². The minimum atomic E-state index is 0.0249. The molecule has 3 saturated heterocycles. The summed E-state index contributed by atoms with van der Waals surface area (Å²) in [4.78, 5) is 19.3. The van der Waals surface area contributed by atoms with Crippen molar-refractivity contribution in [3.8, 4) is 0 Å². The average Bonchev–Trinajstić information content (AvgIpc) is 2.87. The van der Waals surface area contributed by atoms with Crippen LogP contribution >= 0.6 is 0 Å². The zero-order valence-corrected chi connectivity index (χ0v) is 12.2. The van der Waals surface area contributed by atoms with E-state index in [9.17, 15) is 4.79 Å². The van der Waals surface area contributed by atoms with E-state index in [2.05, 4.69) is 15.2 Å². The molecular formula is C16H20N4O. The number of aromatic nitrogens is 2. The highest BCUT2D eigenvalue weighted by atomic mass is 16.1. The Balaban J connectivity index is 1.53. The first-order valence-electron chi connectivity index (χ1n) is 7.67. The van der Waals surface area contributed by atoms with Crippen LogP contribution in [-0.2, 0) is 0 Å². The number of aryl methyl sites for hydroxylation is 1. The van der Waals surface area contributed by atoms with Gasteiger partial charge in [0.05, 0.1) is 5.69 Å². The van der Waals surface area contributed by atoms with Gasteiger partial charge in [-0.2, -0.15) is 0 Å². The van der Waals surface area contributed by atoms with Crippen LogP contribution in [0.15, 0.2) is 24.5 Å². The molecule has 0 aromatic carbocycles. The normalized spacial score (nSPS) is 28.0. The number of fused-ring (bicyclic) bond motifs is 4. The summed E-state index contributed by atoms with van der Waals surface area (Å²) in [6.45, 7) is 5.34. The third-order valence-electron chi connectivity index (χ3n) is 4.82. The molecule has 3 fully saturated rings. The van der Waals surface area contributed by atoms with Gasteiger partial charge in [0.2, 0.25) is 0 Å². The number of rotatable bonds is 2. The lowest BCUT2D eigenvalue weighted by atomic mass is 9.84. The maximum Gasteiger partial charge on any atom is 0.251 e. The van der Waals surface area contributed by atoms with Crippen LogP contribution in [0.25, 0.3) is 5.65 Å². The molecule has 1 amide bonds. The second kappa shape index (κ2) is 4.84. The fourth-order valence-electron chi connectivity index (χ4n) is 3.63. The van der Waals surface area contributed by atoms with E-state index in [4.69, 9.17) is 0 Å². The van der Waals surface area contributed by atoms with Crippen LogP contribution in [0, 0.1) is 12.8 Å². The highest BCUT2D eigenvalue weighted by Crippen LogP contribution is 2.27. The van der Waals surface area contributed by atoms with Crippen molar-refractivity contribution in [2.24, 2.45) is 5.92 Å². The molecule has 5 rings (SSSR count). The third-order valence-corrected chi connectivity index (χ3v) is 4.82. The lowest BCUT2D eigenvalue weighted by molar-refractivity contribution is 0.0620. The van der Waals surface area contributed by atoms with E-state index in [1.165, 1.54) is 25.9 Å². The first-order valence-corrected chi connectivity index (χ1v) is 7.67. The summed E-state index contributed by atoms with van der Waals surface area (Å²) < 4.78 is 1.94. The van der Waals surface area contributed by atoms with Crippen LogP contribution in [0.1, 0.15) is 28.9 Å². The fraction of sp³-hybridized carbons (Fsp3) is 0.500. The summed E-state index contributed by atoms with van der Waals surface area (Å²) in [5.74, 6) is 0.674. The summed E-state index contributed by atoms with van der Waals surface area (Å²) in [5, 5.41) is 3.22. The Morgan fingerprint density at radius 1 is 1.38 bits per heavy atom. The summed E-state index contributed by atoms with van der Waals surface area (Å²) in [6.07, 6.45) is 6.29. The summed E-state index contributed by atoms with van der Waals surface area (Å²) in [7, 11) is 0. The molecule has 1 unspecified atom stereocenters. The van der Waals surface area contributed by atoms with E-state index in [1.54, 1.807) is 0 Å². The van der Waals surface area contributed by atoms with Crippen molar-refractivity contribution in [2.75, 3.05) is 19.6 Å². The van der Waals surface area contributed by atoms with Gasteiger partial charge in [-0.05, 0) is 50.9 Å². The molecule has 0 spiro atoms. The van der Waals surface area contributed by atoms with Crippen molar-refractivity contribution in [3.63, 3.8) is 0 Å². The van der Waals surface area contributed by atoms with Crippen molar-refractivity contribution in [2.45, 2.75) is 25.8 Å². The molecule has 3 aliphatic rings. The monoisotopic (exact) mass is 284 g/mol. The van der Waals surface area contributed by atoms with Gasteiger partial charge in [-0.15, -0.1) is 0 Å². The van der Waals surface area contributed by atoms with Gasteiger partial charge in [-0.3, -0.25) is 4.79 Å². The maximum absolute atomic E-state index is 12.5. The Bertz CT molecular complexity index is 685. The lowest BCUT2D eigenvalue weighted by Crippen LogP contribution is -2.57. The minimum Gasteiger partial charge on any atom is -0.348 e. The first-order chi connectivity index (χ1) is 10.2. The Morgan fingerprint density at radius 2 is 2.19 bits per heavy atom. The highest BCUT2D eigenvalue weighted by Gasteiger charge is 2.34. The minimum absolute atomic E-state index is 0.0249. The van der Waals surface area contributed by atoms with Crippen LogP contribution < -0.4 is 5.32 Å². The number of piperidine rings is 3. The van der Waals surface area contributed by atoms with Crippen LogP contribution in [-0.4, -0.2) is 45.9 Å². The molecule has 5 nitrogen and oxygen atoms in total. The predicted octanol–water partition coefficient (Wildman–Crippen LogP) is 1.47. The molecule has 2 aromatic heterocycles. The molecule has 5 heterocycles. The van der Waals surface area contributed by atoms with Crippen molar-refractivity contribution < 1.29 is 4.79 Å². The zero-order chi connectivity index (χ0) is 14.4. The first kappa shape index (κ1) is 12.8. The van der Waals surface area contributed by atoms with Gasteiger partial charge in [0.15, 0.2) is 0 Å². The molecule has 5 heteroatoms. The second-order valence-corrected chi connectivity index (χ2v) is 6.28. The van der Waals surface area contributed by atoms with E-state index in [1.807, 2.05) is 35.9 Å². The smallest absolute Gasteiger partial charge is 0.251 e. The largest absolute Gasteiger partial charge is 0.348 e. The van der Waals surface area contributed by atoms with Gasteiger partial charge in [0.25, 0.3) is 5.91 Å². The number of imidazole rings is 1. The molecule has 21 heavy (non-hydrogen) atoms. The Morgan fingerprint density at radius 3 is 2.90 bits per heavy atom. The highest BCUT2D eigenvalue weighted by molar-refractivity contribution is 5.95.